The lowest BCUT2D eigenvalue weighted by Gasteiger charge is -2.23. The minimum atomic E-state index is -1.17. The molecule has 2 heterocycles. The fraction of sp³-hybridized carbons (Fsp3) is 0.400. The third-order valence-corrected chi connectivity index (χ3v) is 2.70. The van der Waals surface area contributed by atoms with Crippen molar-refractivity contribution in [3.8, 4) is 0 Å². The van der Waals surface area contributed by atoms with Gasteiger partial charge >= 0.3 is 6.09 Å². The van der Waals surface area contributed by atoms with Gasteiger partial charge in [-0.1, -0.05) is 0 Å². The fourth-order valence-corrected chi connectivity index (χ4v) is 1.92. The number of carbonyl (C=O) groups is 2. The van der Waals surface area contributed by atoms with E-state index in [1.54, 1.807) is 6.07 Å². The van der Waals surface area contributed by atoms with Crippen LogP contribution in [0.15, 0.2) is 12.3 Å². The van der Waals surface area contributed by atoms with Crippen molar-refractivity contribution in [2.75, 3.05) is 6.54 Å². The minimum Gasteiger partial charge on any atom is -0.465 e. The summed E-state index contributed by atoms with van der Waals surface area (Å²) < 4.78 is 1.98. The van der Waals surface area contributed by atoms with Crippen LogP contribution in [-0.2, 0) is 13.0 Å². The Morgan fingerprint density at radius 3 is 2.93 bits per heavy atom. The normalized spacial score (nSPS) is 15.3. The molecule has 1 aromatic heterocycles. The number of hydrogen-bond acceptors (Lipinski definition) is 2. The molecule has 0 aliphatic carbocycles. The van der Waals surface area contributed by atoms with Gasteiger partial charge in [-0.15, -0.1) is 0 Å². The van der Waals surface area contributed by atoms with Crippen LogP contribution in [0.2, 0.25) is 0 Å². The second-order valence-electron chi connectivity index (χ2n) is 3.45. The van der Waals surface area contributed by atoms with E-state index in [9.17, 15) is 9.59 Å². The second kappa shape index (κ2) is 3.42. The molecule has 2 amide bonds. The molecular weight excluding hydrogens is 196 g/mol. The highest BCUT2D eigenvalue weighted by atomic mass is 16.4. The van der Waals surface area contributed by atoms with E-state index in [4.69, 9.17) is 5.11 Å². The molecule has 5 heteroatoms. The number of aryl methyl sites for hydroxylation is 1. The van der Waals surface area contributed by atoms with Gasteiger partial charge in [-0.3, -0.25) is 4.79 Å². The zero-order valence-electron chi connectivity index (χ0n) is 8.43. The van der Waals surface area contributed by atoms with E-state index in [0.717, 1.165) is 17.1 Å². The Kier molecular flexibility index (Phi) is 2.22. The smallest absolute Gasteiger partial charge is 0.414 e. The molecule has 0 saturated heterocycles. The minimum absolute atomic E-state index is 0.255. The maximum atomic E-state index is 11.7. The molecule has 0 radical (unpaired) electrons. The second-order valence-corrected chi connectivity index (χ2v) is 3.45. The van der Waals surface area contributed by atoms with Crippen LogP contribution in [0.4, 0.5) is 4.79 Å². The SMILES string of the molecule is CCn1ccc2c1CCN(C(=O)O)C2=O. The third kappa shape index (κ3) is 1.40. The highest BCUT2D eigenvalue weighted by molar-refractivity contribution is 6.04. The van der Waals surface area contributed by atoms with Crippen molar-refractivity contribution in [3.63, 3.8) is 0 Å². The number of hydrogen-bond donors (Lipinski definition) is 1. The molecule has 0 spiro atoms. The van der Waals surface area contributed by atoms with E-state index in [-0.39, 0.29) is 6.54 Å². The maximum absolute atomic E-state index is 11.7. The van der Waals surface area contributed by atoms with Crippen molar-refractivity contribution in [1.29, 1.82) is 0 Å². The summed E-state index contributed by atoms with van der Waals surface area (Å²) in [5.41, 5.74) is 1.46. The number of carbonyl (C=O) groups excluding carboxylic acids is 1. The molecule has 0 bridgehead atoms. The van der Waals surface area contributed by atoms with Gasteiger partial charge in [0.2, 0.25) is 0 Å². The number of aromatic nitrogens is 1. The summed E-state index contributed by atoms with van der Waals surface area (Å²) in [6, 6.07) is 1.69. The van der Waals surface area contributed by atoms with Crippen LogP contribution in [0.3, 0.4) is 0 Å². The standard InChI is InChI=1S/C10H12N2O3/c1-2-11-5-3-7-8(11)4-6-12(9(7)13)10(14)15/h3,5H,2,4,6H2,1H3,(H,14,15). The fourth-order valence-electron chi connectivity index (χ4n) is 1.92. The molecule has 1 aliphatic heterocycles. The van der Waals surface area contributed by atoms with E-state index in [1.807, 2.05) is 17.7 Å². The van der Waals surface area contributed by atoms with Crippen molar-refractivity contribution in [1.82, 2.24) is 9.47 Å². The molecule has 2 rings (SSSR count). The summed E-state index contributed by atoms with van der Waals surface area (Å²) in [4.78, 5) is 23.3. The monoisotopic (exact) mass is 208 g/mol. The lowest BCUT2D eigenvalue weighted by atomic mass is 10.1. The summed E-state index contributed by atoms with van der Waals surface area (Å²) in [6.45, 7) is 3.05. The molecule has 15 heavy (non-hydrogen) atoms. The van der Waals surface area contributed by atoms with E-state index in [2.05, 4.69) is 0 Å². The Morgan fingerprint density at radius 1 is 1.60 bits per heavy atom. The molecule has 1 aromatic rings. The molecule has 0 saturated carbocycles. The first kappa shape index (κ1) is 9.76. The van der Waals surface area contributed by atoms with Crippen molar-refractivity contribution < 1.29 is 14.7 Å². The Labute approximate surface area is 86.9 Å². The van der Waals surface area contributed by atoms with Crippen molar-refractivity contribution in [2.24, 2.45) is 0 Å². The van der Waals surface area contributed by atoms with Gasteiger partial charge in [0.25, 0.3) is 5.91 Å². The Bertz CT molecular complexity index is 422. The lowest BCUT2D eigenvalue weighted by molar-refractivity contribution is 0.0725. The molecule has 5 nitrogen and oxygen atoms in total. The van der Waals surface area contributed by atoms with E-state index in [1.165, 1.54) is 0 Å². The highest BCUT2D eigenvalue weighted by Gasteiger charge is 2.30. The Balaban J connectivity index is 2.39. The van der Waals surface area contributed by atoms with Gasteiger partial charge in [-0.25, -0.2) is 9.69 Å². The largest absolute Gasteiger partial charge is 0.465 e. The molecule has 1 aliphatic rings. The molecule has 0 fully saturated rings. The molecular formula is C10H12N2O3. The predicted molar refractivity (Wildman–Crippen MR) is 52.9 cm³/mol. The predicted octanol–water partition coefficient (Wildman–Crippen LogP) is 1.18. The van der Waals surface area contributed by atoms with Crippen LogP contribution in [0.5, 0.6) is 0 Å². The zero-order chi connectivity index (χ0) is 11.0. The summed E-state index contributed by atoms with van der Waals surface area (Å²) in [5.74, 6) is -0.407. The number of amides is 2. The first-order chi connectivity index (χ1) is 7.15. The van der Waals surface area contributed by atoms with E-state index < -0.39 is 12.0 Å². The maximum Gasteiger partial charge on any atom is 0.414 e. The van der Waals surface area contributed by atoms with Crippen molar-refractivity contribution >= 4 is 12.0 Å². The van der Waals surface area contributed by atoms with Gasteiger partial charge in [-0.05, 0) is 13.0 Å². The first-order valence-corrected chi connectivity index (χ1v) is 4.88. The van der Waals surface area contributed by atoms with Crippen LogP contribution < -0.4 is 0 Å². The Morgan fingerprint density at radius 2 is 2.33 bits per heavy atom. The van der Waals surface area contributed by atoms with Gasteiger partial charge in [0.1, 0.15) is 0 Å². The summed E-state index contributed by atoms with van der Waals surface area (Å²) in [7, 11) is 0. The zero-order valence-corrected chi connectivity index (χ0v) is 8.43. The summed E-state index contributed by atoms with van der Waals surface area (Å²) in [6.07, 6.45) is 1.26. The van der Waals surface area contributed by atoms with Crippen LogP contribution in [0.1, 0.15) is 23.0 Å². The van der Waals surface area contributed by atoms with Gasteiger partial charge in [0.15, 0.2) is 0 Å². The van der Waals surface area contributed by atoms with Crippen molar-refractivity contribution in [3.05, 3.63) is 23.5 Å². The number of nitrogens with zero attached hydrogens (tertiary/aromatic N) is 2. The van der Waals surface area contributed by atoms with Crippen LogP contribution in [0.25, 0.3) is 0 Å². The number of fused-ring (bicyclic) bond motifs is 1. The van der Waals surface area contributed by atoms with Crippen LogP contribution in [0, 0.1) is 0 Å². The number of carboxylic acid groups (broad SMARTS) is 1. The number of imide groups is 1. The molecule has 80 valence electrons. The average molecular weight is 208 g/mol. The van der Waals surface area contributed by atoms with Gasteiger partial charge < -0.3 is 9.67 Å². The molecule has 0 atom stereocenters. The quantitative estimate of drug-likeness (QED) is 0.753. The first-order valence-electron chi connectivity index (χ1n) is 4.88. The van der Waals surface area contributed by atoms with Gasteiger partial charge in [0.05, 0.1) is 5.56 Å². The van der Waals surface area contributed by atoms with Crippen LogP contribution >= 0.6 is 0 Å². The summed E-state index contributed by atoms with van der Waals surface area (Å²) >= 11 is 0. The van der Waals surface area contributed by atoms with E-state index >= 15 is 0 Å². The molecule has 0 aromatic carbocycles. The topological polar surface area (TPSA) is 62.5 Å². The Hall–Kier alpha value is -1.78. The van der Waals surface area contributed by atoms with Crippen molar-refractivity contribution in [2.45, 2.75) is 19.9 Å². The average Bonchev–Trinajstić information content (AvgIpc) is 2.61. The number of rotatable bonds is 1. The van der Waals surface area contributed by atoms with Gasteiger partial charge in [0, 0.05) is 31.4 Å². The van der Waals surface area contributed by atoms with E-state index in [0.29, 0.717) is 12.0 Å². The van der Waals surface area contributed by atoms with Crippen LogP contribution in [-0.4, -0.2) is 33.1 Å². The molecule has 1 N–H and O–H groups in total. The highest BCUT2D eigenvalue weighted by Crippen LogP contribution is 2.20. The summed E-state index contributed by atoms with van der Waals surface area (Å²) in [5, 5.41) is 8.80. The molecule has 0 unspecified atom stereocenters. The van der Waals surface area contributed by atoms with Gasteiger partial charge in [-0.2, -0.15) is 0 Å². The third-order valence-electron chi connectivity index (χ3n) is 2.70. The lowest BCUT2D eigenvalue weighted by Crippen LogP contribution is -2.41.